The summed E-state index contributed by atoms with van der Waals surface area (Å²) in [6, 6.07) is 17.1. The lowest BCUT2D eigenvalue weighted by molar-refractivity contribution is -0.385. The minimum absolute atomic E-state index is 0.101. The smallest absolute Gasteiger partial charge is 0.408 e. The number of nitro groups is 2. The van der Waals surface area contributed by atoms with Gasteiger partial charge >= 0.3 is 6.09 Å². The summed E-state index contributed by atoms with van der Waals surface area (Å²) in [6.07, 6.45) is 3.65. The van der Waals surface area contributed by atoms with Crippen molar-refractivity contribution < 1.29 is 29.0 Å². The van der Waals surface area contributed by atoms with Crippen molar-refractivity contribution in [1.82, 2.24) is 10.2 Å². The normalized spacial score (nSPS) is 15.4. The summed E-state index contributed by atoms with van der Waals surface area (Å²) in [5, 5.41) is 25.3. The monoisotopic (exact) mass is 661 g/mol. The van der Waals surface area contributed by atoms with Crippen molar-refractivity contribution in [3.05, 3.63) is 126 Å². The number of unbranched alkanes of at least 4 members (excludes halogenated alkanes) is 1. The van der Waals surface area contributed by atoms with Crippen LogP contribution in [-0.2, 0) is 20.9 Å². The Kier molecular flexibility index (Phi) is 11.9. The van der Waals surface area contributed by atoms with Gasteiger partial charge in [0, 0.05) is 59.1 Å². The van der Waals surface area contributed by atoms with Gasteiger partial charge in [-0.3, -0.25) is 29.8 Å². The maximum Gasteiger partial charge on any atom is 0.408 e. The number of nitrogens with zero attached hydrogens (tertiary/aromatic N) is 3. The molecule has 0 radical (unpaired) electrons. The number of Topliss-reactive ketones (excluding diaryl/α,β-unsaturated/α-hetero) is 1. The number of hydrogen-bond acceptors (Lipinski definition) is 9. The van der Waals surface area contributed by atoms with Gasteiger partial charge in [-0.25, -0.2) is 4.79 Å². The molecule has 0 saturated carbocycles. The number of hydrogen-bond donors (Lipinski definition) is 2. The fourth-order valence-electron chi connectivity index (χ4n) is 4.90. The van der Waals surface area contributed by atoms with Crippen LogP contribution in [-0.4, -0.2) is 58.2 Å². The van der Waals surface area contributed by atoms with Crippen LogP contribution in [0.5, 0.6) is 0 Å². The standard InChI is InChI=1S/C33H32ClN5O8/c34-29-6-2-1-5-24(29)21-47-33(42)36-30(7-3-4-16-35)32(41)37-19-25(17-22-8-12-27(13-9-22)38(43)44)31(40)26(20-37)18-23-10-14-28(15-11-23)39(45)46/h1-2,5-6,8-15,17-18,30H,3-4,7,16,19-21,35H2,(H,36,42)/b25-17+,26-18+/t30-/m0/s1. The molecule has 0 bridgehead atoms. The Balaban J connectivity index is 1.62. The number of ketones is 1. The number of carbonyl (C=O) groups is 3. The number of nitrogens with one attached hydrogen (secondary N) is 1. The van der Waals surface area contributed by atoms with Crippen LogP contribution in [0.3, 0.4) is 0 Å². The van der Waals surface area contributed by atoms with Crippen LogP contribution in [0.2, 0.25) is 5.02 Å². The molecule has 1 aliphatic heterocycles. The number of nitrogens with two attached hydrogens (primary N) is 1. The van der Waals surface area contributed by atoms with Crippen molar-refractivity contribution in [3.63, 3.8) is 0 Å². The molecule has 1 aliphatic rings. The molecule has 1 saturated heterocycles. The Hall–Kier alpha value is -5.40. The van der Waals surface area contributed by atoms with E-state index in [0.717, 1.165) is 0 Å². The Morgan fingerprint density at radius 3 is 1.91 bits per heavy atom. The van der Waals surface area contributed by atoms with Gasteiger partial charge in [0.15, 0.2) is 5.78 Å². The SMILES string of the molecule is NCCCC[C@H](NC(=O)OCc1ccccc1Cl)C(=O)N1C/C(=C\c2ccc([N+](=O)[O-])cc2)C(=O)/C(=C/c2ccc([N+](=O)[O-])cc2)C1. The van der Waals surface area contributed by atoms with Gasteiger partial charge in [0.2, 0.25) is 5.91 Å². The summed E-state index contributed by atoms with van der Waals surface area (Å²) in [4.78, 5) is 63.0. The zero-order valence-electron chi connectivity index (χ0n) is 25.2. The van der Waals surface area contributed by atoms with E-state index in [-0.39, 0.29) is 54.4 Å². The maximum absolute atomic E-state index is 14.0. The molecule has 244 valence electrons. The molecule has 47 heavy (non-hydrogen) atoms. The molecule has 0 aromatic heterocycles. The molecule has 0 unspecified atom stereocenters. The summed E-state index contributed by atoms with van der Waals surface area (Å²) in [6.45, 7) is 0.0734. The van der Waals surface area contributed by atoms with Gasteiger partial charge in [0.25, 0.3) is 11.4 Å². The molecule has 1 fully saturated rings. The number of piperidine rings is 1. The van der Waals surface area contributed by atoms with Crippen molar-refractivity contribution in [3.8, 4) is 0 Å². The van der Waals surface area contributed by atoms with Crippen molar-refractivity contribution in [2.45, 2.75) is 31.9 Å². The second kappa shape index (κ2) is 16.2. The highest BCUT2D eigenvalue weighted by Crippen LogP contribution is 2.25. The van der Waals surface area contributed by atoms with E-state index in [4.69, 9.17) is 22.1 Å². The number of non-ortho nitro benzene ring substituents is 2. The molecule has 4 rings (SSSR count). The lowest BCUT2D eigenvalue weighted by Gasteiger charge is -2.33. The molecule has 13 nitrogen and oxygen atoms in total. The van der Waals surface area contributed by atoms with E-state index in [2.05, 4.69) is 5.32 Å². The van der Waals surface area contributed by atoms with E-state index in [1.807, 2.05) is 0 Å². The molecule has 0 aliphatic carbocycles. The highest BCUT2D eigenvalue weighted by Gasteiger charge is 2.33. The molecule has 1 heterocycles. The third kappa shape index (κ3) is 9.55. The number of carbonyl (C=O) groups excluding carboxylic acids is 3. The maximum atomic E-state index is 14.0. The number of rotatable bonds is 12. The van der Waals surface area contributed by atoms with Gasteiger partial charge in [-0.15, -0.1) is 0 Å². The summed E-state index contributed by atoms with van der Waals surface area (Å²) >= 11 is 6.17. The first-order valence-electron chi connectivity index (χ1n) is 14.7. The van der Waals surface area contributed by atoms with Crippen molar-refractivity contribution in [2.75, 3.05) is 19.6 Å². The van der Waals surface area contributed by atoms with Crippen molar-refractivity contribution >= 4 is 52.9 Å². The van der Waals surface area contributed by atoms with Gasteiger partial charge in [-0.05, 0) is 79.4 Å². The highest BCUT2D eigenvalue weighted by atomic mass is 35.5. The Bertz CT molecular complexity index is 1630. The van der Waals surface area contributed by atoms with Crippen LogP contribution in [0.25, 0.3) is 12.2 Å². The van der Waals surface area contributed by atoms with E-state index in [1.165, 1.54) is 53.4 Å². The average molecular weight is 662 g/mol. The lowest BCUT2D eigenvalue weighted by Crippen LogP contribution is -2.52. The van der Waals surface area contributed by atoms with E-state index in [0.29, 0.717) is 41.1 Å². The van der Waals surface area contributed by atoms with Gasteiger partial charge in [0.1, 0.15) is 12.6 Å². The molecule has 3 aromatic rings. The topological polar surface area (TPSA) is 188 Å². The summed E-state index contributed by atoms with van der Waals surface area (Å²) in [5.41, 5.74) is 7.48. The Labute approximate surface area is 274 Å². The zero-order valence-corrected chi connectivity index (χ0v) is 25.9. The average Bonchev–Trinajstić information content (AvgIpc) is 3.06. The minimum atomic E-state index is -1.00. The molecule has 3 N–H and O–H groups in total. The summed E-state index contributed by atoms with van der Waals surface area (Å²) < 4.78 is 5.35. The Morgan fingerprint density at radius 2 is 1.43 bits per heavy atom. The van der Waals surface area contributed by atoms with E-state index in [1.54, 1.807) is 36.4 Å². The molecular weight excluding hydrogens is 630 g/mol. The van der Waals surface area contributed by atoms with Crippen molar-refractivity contribution in [2.24, 2.45) is 5.73 Å². The number of likely N-dealkylation sites (tertiary alicyclic amines) is 1. The fraction of sp³-hybridized carbons (Fsp3) is 0.242. The summed E-state index contributed by atoms with van der Waals surface area (Å²) in [5.74, 6) is -0.828. The predicted octanol–water partition coefficient (Wildman–Crippen LogP) is 5.46. The molecule has 3 aromatic carbocycles. The molecular formula is C33H32ClN5O8. The first-order valence-corrected chi connectivity index (χ1v) is 15.0. The third-order valence-corrected chi connectivity index (χ3v) is 7.73. The van der Waals surface area contributed by atoms with Crippen LogP contribution >= 0.6 is 11.6 Å². The van der Waals surface area contributed by atoms with E-state index >= 15 is 0 Å². The van der Waals surface area contributed by atoms with Crippen molar-refractivity contribution in [1.29, 1.82) is 0 Å². The first kappa shape index (κ1) is 34.5. The fourth-order valence-corrected chi connectivity index (χ4v) is 5.09. The minimum Gasteiger partial charge on any atom is -0.445 e. The number of benzene rings is 3. The number of ether oxygens (including phenoxy) is 1. The van der Waals surface area contributed by atoms with Gasteiger partial charge in [-0.2, -0.15) is 0 Å². The van der Waals surface area contributed by atoms with Crippen LogP contribution in [0, 0.1) is 20.2 Å². The summed E-state index contributed by atoms with van der Waals surface area (Å²) in [7, 11) is 0. The number of alkyl carbamates (subject to hydrolysis) is 1. The van der Waals surface area contributed by atoms with Gasteiger partial charge < -0.3 is 20.7 Å². The molecule has 1 atom stereocenters. The molecule has 14 heteroatoms. The van der Waals surface area contributed by atoms with Crippen LogP contribution in [0.15, 0.2) is 83.9 Å². The lowest BCUT2D eigenvalue weighted by atomic mass is 9.93. The number of nitro benzene ring substituents is 2. The molecule has 2 amide bonds. The van der Waals surface area contributed by atoms with Crippen LogP contribution in [0.4, 0.5) is 16.2 Å². The van der Waals surface area contributed by atoms with Gasteiger partial charge in [0.05, 0.1) is 9.85 Å². The highest BCUT2D eigenvalue weighted by molar-refractivity contribution is 6.31. The zero-order chi connectivity index (χ0) is 33.9. The third-order valence-electron chi connectivity index (χ3n) is 7.36. The van der Waals surface area contributed by atoms with Crippen LogP contribution in [0.1, 0.15) is 36.0 Å². The predicted molar refractivity (Wildman–Crippen MR) is 175 cm³/mol. The number of amides is 2. The van der Waals surface area contributed by atoms with E-state index < -0.39 is 27.9 Å². The van der Waals surface area contributed by atoms with E-state index in [9.17, 15) is 34.6 Å². The Morgan fingerprint density at radius 1 is 0.894 bits per heavy atom. The van der Waals surface area contributed by atoms with Crippen LogP contribution < -0.4 is 11.1 Å². The number of halogens is 1. The second-order valence-electron chi connectivity index (χ2n) is 10.7. The second-order valence-corrected chi connectivity index (χ2v) is 11.1. The molecule has 0 spiro atoms. The largest absolute Gasteiger partial charge is 0.445 e. The quantitative estimate of drug-likeness (QED) is 0.110. The van der Waals surface area contributed by atoms with Gasteiger partial charge in [-0.1, -0.05) is 29.8 Å². The first-order chi connectivity index (χ1) is 22.5.